The first-order valence-electron chi connectivity index (χ1n) is 3.83. The van der Waals surface area contributed by atoms with E-state index in [-0.39, 0.29) is 5.97 Å². The number of hydrogen-bond donors (Lipinski definition) is 0. The van der Waals surface area contributed by atoms with Gasteiger partial charge in [0.25, 0.3) is 0 Å². The Morgan fingerprint density at radius 3 is 2.50 bits per heavy atom. The summed E-state index contributed by atoms with van der Waals surface area (Å²) < 4.78 is 6.11. The predicted octanol–water partition coefficient (Wildman–Crippen LogP) is 1.04. The first-order valence-corrected chi connectivity index (χ1v) is 5.31. The third kappa shape index (κ3) is 2.42. The van der Waals surface area contributed by atoms with Gasteiger partial charge in [0.05, 0.1) is 0 Å². The molecule has 0 amide bonds. The van der Waals surface area contributed by atoms with E-state index in [1.165, 1.54) is 4.16 Å². The van der Waals surface area contributed by atoms with E-state index in [1.807, 2.05) is 12.1 Å². The third-order valence-corrected chi connectivity index (χ3v) is 2.45. The van der Waals surface area contributed by atoms with Gasteiger partial charge >= 0.3 is 81.3 Å². The summed E-state index contributed by atoms with van der Waals surface area (Å²) >= 11 is 1.11. The van der Waals surface area contributed by atoms with Crippen LogP contribution in [0.3, 0.4) is 0 Å². The standard InChI is InChI=1S/C9H9O2.Zn/c1-2-11-9(10)8-6-4-3-5-7-8;/h4-7H,2H2,1H3;. The van der Waals surface area contributed by atoms with E-state index < -0.39 is 0 Å². The van der Waals surface area contributed by atoms with Crippen molar-refractivity contribution >= 4 is 10.1 Å². The molecule has 0 radical (unpaired) electrons. The van der Waals surface area contributed by atoms with Crippen LogP contribution in [-0.4, -0.2) is 12.6 Å². The minimum absolute atomic E-state index is 0.238. The Bertz CT molecular complexity index is 266. The summed E-state index contributed by atoms with van der Waals surface area (Å²) in [6.07, 6.45) is 0. The summed E-state index contributed by atoms with van der Waals surface area (Å²) in [5, 5.41) is 0. The monoisotopic (exact) mass is 213 g/mol. The van der Waals surface area contributed by atoms with E-state index in [9.17, 15) is 4.79 Å². The van der Waals surface area contributed by atoms with Gasteiger partial charge in [-0.3, -0.25) is 0 Å². The molecule has 0 aliphatic carbocycles. The molecule has 12 heavy (non-hydrogen) atoms. The van der Waals surface area contributed by atoms with Crippen LogP contribution in [0.4, 0.5) is 0 Å². The molecule has 3 heteroatoms. The molecule has 0 fully saturated rings. The van der Waals surface area contributed by atoms with Crippen LogP contribution in [0.2, 0.25) is 0 Å². The average Bonchev–Trinajstić information content (AvgIpc) is 2.06. The Balaban J connectivity index is 2.75. The average molecular weight is 215 g/mol. The maximum atomic E-state index is 11.1. The van der Waals surface area contributed by atoms with Gasteiger partial charge in [-0.1, -0.05) is 0 Å². The zero-order chi connectivity index (χ0) is 8.97. The van der Waals surface area contributed by atoms with E-state index in [0.717, 1.165) is 18.3 Å². The Morgan fingerprint density at radius 1 is 1.42 bits per heavy atom. The maximum absolute atomic E-state index is 11.1. The second kappa shape index (κ2) is 4.37. The number of benzene rings is 1. The van der Waals surface area contributed by atoms with Crippen molar-refractivity contribution in [3.63, 3.8) is 0 Å². The molecule has 0 aromatic heterocycles. The molecule has 0 aliphatic heterocycles. The number of carbonyl (C=O) groups excluding carboxylic acids is 1. The Hall–Kier alpha value is -0.687. The van der Waals surface area contributed by atoms with Crippen molar-refractivity contribution in [3.05, 3.63) is 29.8 Å². The summed E-state index contributed by atoms with van der Waals surface area (Å²) in [4.78, 5) is 11.1. The van der Waals surface area contributed by atoms with E-state index >= 15 is 0 Å². The van der Waals surface area contributed by atoms with Gasteiger partial charge in [-0.15, -0.1) is 0 Å². The normalized spacial score (nSPS) is 9.58. The molecule has 0 saturated heterocycles. The Kier molecular flexibility index (Phi) is 3.42. The molecule has 0 saturated carbocycles. The van der Waals surface area contributed by atoms with Crippen LogP contribution in [0.25, 0.3) is 0 Å². The molecule has 59 valence electrons. The zero-order valence-corrected chi connectivity index (χ0v) is 10.0. The van der Waals surface area contributed by atoms with Crippen LogP contribution in [-0.2, 0) is 23.0 Å². The second-order valence-electron chi connectivity index (χ2n) is 2.42. The summed E-state index contributed by atoms with van der Waals surface area (Å²) in [7, 11) is 0. The summed E-state index contributed by atoms with van der Waals surface area (Å²) in [5.41, 5.74) is 0.633. The van der Waals surface area contributed by atoms with E-state index in [1.54, 1.807) is 19.1 Å². The van der Waals surface area contributed by atoms with Crippen molar-refractivity contribution in [2.75, 3.05) is 6.61 Å². The van der Waals surface area contributed by atoms with Crippen molar-refractivity contribution in [2.45, 2.75) is 6.92 Å². The van der Waals surface area contributed by atoms with Crippen molar-refractivity contribution < 1.29 is 27.8 Å². The van der Waals surface area contributed by atoms with Crippen LogP contribution < -0.4 is 4.16 Å². The van der Waals surface area contributed by atoms with Gasteiger partial charge in [0.15, 0.2) is 0 Å². The molecule has 0 unspecified atom stereocenters. The van der Waals surface area contributed by atoms with E-state index in [0.29, 0.717) is 12.2 Å². The number of ether oxygens (including phenoxy) is 1. The molecule has 1 rings (SSSR count). The number of hydrogen-bond acceptors (Lipinski definition) is 2. The SMILES string of the molecule is CCOC(=O)c1cc[c]([Zn])cc1. The summed E-state index contributed by atoms with van der Waals surface area (Å²) in [6.45, 7) is 2.24. The zero-order valence-electron chi connectivity index (χ0n) is 7.04. The summed E-state index contributed by atoms with van der Waals surface area (Å²) in [5.74, 6) is -0.238. The van der Waals surface area contributed by atoms with Gasteiger partial charge in [-0.25, -0.2) is 0 Å². The van der Waals surface area contributed by atoms with Gasteiger partial charge in [0.2, 0.25) is 0 Å². The molecule has 0 N–H and O–H groups in total. The van der Waals surface area contributed by atoms with Gasteiger partial charge in [-0.2, -0.15) is 0 Å². The Morgan fingerprint density at radius 2 is 2.00 bits per heavy atom. The predicted molar refractivity (Wildman–Crippen MR) is 42.0 cm³/mol. The first kappa shape index (κ1) is 9.40. The molecule has 2 nitrogen and oxygen atoms in total. The van der Waals surface area contributed by atoms with Crippen LogP contribution in [0.5, 0.6) is 0 Å². The third-order valence-electron chi connectivity index (χ3n) is 1.47. The van der Waals surface area contributed by atoms with E-state index in [2.05, 4.69) is 0 Å². The molecular weight excluding hydrogens is 205 g/mol. The minimum atomic E-state index is -0.238. The van der Waals surface area contributed by atoms with Crippen molar-refractivity contribution in [3.8, 4) is 0 Å². The number of esters is 1. The van der Waals surface area contributed by atoms with Crippen molar-refractivity contribution in [1.29, 1.82) is 0 Å². The van der Waals surface area contributed by atoms with Crippen LogP contribution in [0, 0.1) is 0 Å². The molecular formula is C9H9O2Zn. The molecule has 0 aliphatic rings. The summed E-state index contributed by atoms with van der Waals surface area (Å²) in [6, 6.07) is 7.51. The van der Waals surface area contributed by atoms with E-state index in [4.69, 9.17) is 4.74 Å². The molecule has 0 spiro atoms. The fourth-order valence-electron chi connectivity index (χ4n) is 0.855. The molecule has 1 aromatic carbocycles. The van der Waals surface area contributed by atoms with Crippen LogP contribution in [0.15, 0.2) is 24.3 Å². The van der Waals surface area contributed by atoms with Crippen molar-refractivity contribution in [2.24, 2.45) is 0 Å². The van der Waals surface area contributed by atoms with Gasteiger partial charge in [-0.05, 0) is 0 Å². The fourth-order valence-corrected chi connectivity index (χ4v) is 1.35. The fraction of sp³-hybridized carbons (Fsp3) is 0.222. The van der Waals surface area contributed by atoms with Crippen molar-refractivity contribution in [1.82, 2.24) is 0 Å². The second-order valence-corrected chi connectivity index (χ2v) is 4.13. The van der Waals surface area contributed by atoms with Gasteiger partial charge in [0.1, 0.15) is 0 Å². The molecule has 1 aromatic rings. The topological polar surface area (TPSA) is 26.3 Å². The van der Waals surface area contributed by atoms with Gasteiger partial charge < -0.3 is 0 Å². The van der Waals surface area contributed by atoms with Crippen LogP contribution >= 0.6 is 0 Å². The molecule has 0 atom stereocenters. The Labute approximate surface area is 81.6 Å². The van der Waals surface area contributed by atoms with Gasteiger partial charge in [0, 0.05) is 0 Å². The quantitative estimate of drug-likeness (QED) is 0.543. The molecule has 0 bridgehead atoms. The molecule has 0 heterocycles. The van der Waals surface area contributed by atoms with Crippen LogP contribution in [0.1, 0.15) is 17.3 Å². The number of carbonyl (C=O) groups is 1. The number of rotatable bonds is 2. The first-order chi connectivity index (χ1) is 5.74.